The van der Waals surface area contributed by atoms with Gasteiger partial charge in [0.25, 0.3) is 0 Å². The molecule has 0 aliphatic carbocycles. The Labute approximate surface area is 189 Å². The summed E-state index contributed by atoms with van der Waals surface area (Å²) in [5.41, 5.74) is 1.84. The summed E-state index contributed by atoms with van der Waals surface area (Å²) in [7, 11) is 0. The fraction of sp³-hybridized carbons (Fsp3) is 0.360. The van der Waals surface area contributed by atoms with Gasteiger partial charge in [-0.2, -0.15) is 13.2 Å². The number of carbonyl (C=O) groups excluding carboxylic acids is 1. The molecule has 8 heteroatoms. The topological polar surface area (TPSA) is 65.7 Å². The Balaban J connectivity index is 1.80. The summed E-state index contributed by atoms with van der Waals surface area (Å²) in [6, 6.07) is 13.7. The number of halogens is 3. The molecule has 0 radical (unpaired) electrons. The SMILES string of the molecule is CCc1ccccc1-c1cc2ccc(OCC(COC(=O)C(C)C)C(F)(F)F)cc2oc1=O. The lowest BCUT2D eigenvalue weighted by atomic mass is 9.98. The summed E-state index contributed by atoms with van der Waals surface area (Å²) in [6.45, 7) is 3.49. The minimum absolute atomic E-state index is 0.108. The molecule has 0 fully saturated rings. The zero-order valence-corrected chi connectivity index (χ0v) is 18.6. The number of fused-ring (bicyclic) bond motifs is 1. The van der Waals surface area contributed by atoms with Crippen LogP contribution in [0.4, 0.5) is 13.2 Å². The minimum Gasteiger partial charge on any atom is -0.493 e. The molecule has 5 nitrogen and oxygen atoms in total. The van der Waals surface area contributed by atoms with Crippen molar-refractivity contribution in [3.63, 3.8) is 0 Å². The van der Waals surface area contributed by atoms with Crippen LogP contribution in [0.2, 0.25) is 0 Å². The van der Waals surface area contributed by atoms with Gasteiger partial charge in [-0.1, -0.05) is 45.0 Å². The highest BCUT2D eigenvalue weighted by Gasteiger charge is 2.41. The summed E-state index contributed by atoms with van der Waals surface area (Å²) in [5.74, 6) is -3.12. The van der Waals surface area contributed by atoms with Gasteiger partial charge in [-0.3, -0.25) is 4.79 Å². The van der Waals surface area contributed by atoms with Crippen LogP contribution in [-0.4, -0.2) is 25.4 Å². The Morgan fingerprint density at radius 2 is 1.76 bits per heavy atom. The van der Waals surface area contributed by atoms with E-state index < -0.39 is 42.8 Å². The molecule has 3 aromatic rings. The van der Waals surface area contributed by atoms with Crippen molar-refractivity contribution in [2.24, 2.45) is 11.8 Å². The molecular formula is C25H25F3O5. The van der Waals surface area contributed by atoms with Crippen molar-refractivity contribution >= 4 is 16.9 Å². The highest BCUT2D eigenvalue weighted by atomic mass is 19.4. The van der Waals surface area contributed by atoms with Crippen molar-refractivity contribution in [2.45, 2.75) is 33.4 Å². The Hall–Kier alpha value is -3.29. The normalized spacial score (nSPS) is 12.7. The van der Waals surface area contributed by atoms with E-state index >= 15 is 0 Å². The van der Waals surface area contributed by atoms with Crippen molar-refractivity contribution < 1.29 is 31.9 Å². The first-order chi connectivity index (χ1) is 15.6. The first-order valence-corrected chi connectivity index (χ1v) is 10.6. The number of hydrogen-bond acceptors (Lipinski definition) is 5. The number of rotatable bonds is 8. The number of hydrogen-bond donors (Lipinski definition) is 0. The van der Waals surface area contributed by atoms with Gasteiger partial charge in [0, 0.05) is 11.5 Å². The number of ether oxygens (including phenoxy) is 2. The van der Waals surface area contributed by atoms with E-state index in [0.717, 1.165) is 17.5 Å². The number of esters is 1. The maximum Gasteiger partial charge on any atom is 0.398 e. The zero-order chi connectivity index (χ0) is 24.2. The third-order valence-corrected chi connectivity index (χ3v) is 5.21. The van der Waals surface area contributed by atoms with Crippen LogP contribution in [-0.2, 0) is 16.0 Å². The molecule has 0 N–H and O–H groups in total. The fourth-order valence-corrected chi connectivity index (χ4v) is 3.24. The van der Waals surface area contributed by atoms with Gasteiger partial charge in [0.05, 0.1) is 11.5 Å². The predicted octanol–water partition coefficient (Wildman–Crippen LogP) is 5.78. The molecule has 0 saturated carbocycles. The van der Waals surface area contributed by atoms with Gasteiger partial charge in [-0.05, 0) is 35.7 Å². The van der Waals surface area contributed by atoms with Crippen molar-refractivity contribution in [1.82, 2.24) is 0 Å². The van der Waals surface area contributed by atoms with Crippen LogP contribution >= 0.6 is 0 Å². The molecule has 0 bridgehead atoms. The average molecular weight is 462 g/mol. The van der Waals surface area contributed by atoms with E-state index in [1.807, 2.05) is 31.2 Å². The van der Waals surface area contributed by atoms with Crippen molar-refractivity contribution in [3.8, 4) is 16.9 Å². The van der Waals surface area contributed by atoms with E-state index in [0.29, 0.717) is 10.9 Å². The smallest absolute Gasteiger partial charge is 0.398 e. The van der Waals surface area contributed by atoms with Crippen LogP contribution in [0.25, 0.3) is 22.1 Å². The van der Waals surface area contributed by atoms with E-state index in [-0.39, 0.29) is 11.3 Å². The lowest BCUT2D eigenvalue weighted by Gasteiger charge is -2.21. The largest absolute Gasteiger partial charge is 0.493 e. The van der Waals surface area contributed by atoms with Gasteiger partial charge in [0.15, 0.2) is 0 Å². The van der Waals surface area contributed by atoms with E-state index in [4.69, 9.17) is 13.9 Å². The summed E-state index contributed by atoms with van der Waals surface area (Å²) in [4.78, 5) is 24.1. The third-order valence-electron chi connectivity index (χ3n) is 5.21. The van der Waals surface area contributed by atoms with E-state index in [1.54, 1.807) is 12.1 Å². The van der Waals surface area contributed by atoms with Crippen LogP contribution in [0, 0.1) is 11.8 Å². The first-order valence-electron chi connectivity index (χ1n) is 10.6. The fourth-order valence-electron chi connectivity index (χ4n) is 3.24. The molecule has 176 valence electrons. The average Bonchev–Trinajstić information content (AvgIpc) is 2.77. The standard InChI is InChI=1S/C25H25F3O5/c1-4-16-7-5-6-8-20(16)21-11-17-9-10-19(12-22(17)33-24(21)30)31-13-18(25(26,27)28)14-32-23(29)15(2)3/h5-12,15,18H,4,13-14H2,1-3H3. The van der Waals surface area contributed by atoms with Crippen LogP contribution < -0.4 is 10.4 Å². The summed E-state index contributed by atoms with van der Waals surface area (Å²) in [6.07, 6.45) is -3.87. The third kappa shape index (κ3) is 5.94. The number of alkyl halides is 3. The van der Waals surface area contributed by atoms with Crippen molar-refractivity contribution in [1.29, 1.82) is 0 Å². The second kappa shape index (κ2) is 10.1. The van der Waals surface area contributed by atoms with Crippen molar-refractivity contribution in [3.05, 3.63) is 64.5 Å². The molecule has 1 aromatic heterocycles. The summed E-state index contributed by atoms with van der Waals surface area (Å²) >= 11 is 0. The number of aryl methyl sites for hydroxylation is 1. The summed E-state index contributed by atoms with van der Waals surface area (Å²) in [5, 5.41) is 0.612. The van der Waals surface area contributed by atoms with Crippen molar-refractivity contribution in [2.75, 3.05) is 13.2 Å². The maximum absolute atomic E-state index is 13.3. The van der Waals surface area contributed by atoms with Crippen LogP contribution in [0.3, 0.4) is 0 Å². The molecule has 0 amide bonds. The van der Waals surface area contributed by atoms with E-state index in [2.05, 4.69) is 0 Å². The molecule has 3 rings (SSSR count). The minimum atomic E-state index is -4.61. The second-order valence-electron chi connectivity index (χ2n) is 7.99. The van der Waals surface area contributed by atoms with Gasteiger partial charge >= 0.3 is 17.8 Å². The van der Waals surface area contributed by atoms with Gasteiger partial charge in [-0.15, -0.1) is 0 Å². The molecule has 2 aromatic carbocycles. The molecule has 0 saturated heterocycles. The number of benzene rings is 2. The highest BCUT2D eigenvalue weighted by molar-refractivity contribution is 5.83. The molecular weight excluding hydrogens is 437 g/mol. The monoisotopic (exact) mass is 462 g/mol. The lowest BCUT2D eigenvalue weighted by molar-refractivity contribution is -0.197. The number of carbonyl (C=O) groups is 1. The van der Waals surface area contributed by atoms with Gasteiger partial charge in [-0.25, -0.2) is 4.79 Å². The van der Waals surface area contributed by atoms with Gasteiger partial charge in [0.1, 0.15) is 30.5 Å². The summed E-state index contributed by atoms with van der Waals surface area (Å²) < 4.78 is 55.4. The second-order valence-corrected chi connectivity index (χ2v) is 7.99. The molecule has 0 aliphatic rings. The first kappa shape index (κ1) is 24.4. The highest BCUT2D eigenvalue weighted by Crippen LogP contribution is 2.30. The maximum atomic E-state index is 13.3. The molecule has 0 spiro atoms. The van der Waals surface area contributed by atoms with Crippen LogP contribution in [0.15, 0.2) is 57.7 Å². The zero-order valence-electron chi connectivity index (χ0n) is 18.6. The van der Waals surface area contributed by atoms with Crippen LogP contribution in [0.1, 0.15) is 26.3 Å². The van der Waals surface area contributed by atoms with E-state index in [9.17, 15) is 22.8 Å². The molecule has 1 atom stereocenters. The quantitative estimate of drug-likeness (QED) is 0.314. The molecule has 0 aliphatic heterocycles. The Morgan fingerprint density at radius 3 is 2.42 bits per heavy atom. The lowest BCUT2D eigenvalue weighted by Crippen LogP contribution is -2.34. The van der Waals surface area contributed by atoms with Gasteiger partial charge in [0.2, 0.25) is 0 Å². The van der Waals surface area contributed by atoms with Gasteiger partial charge < -0.3 is 13.9 Å². The Morgan fingerprint density at radius 1 is 1.03 bits per heavy atom. The Kier molecular flexibility index (Phi) is 7.46. The predicted molar refractivity (Wildman–Crippen MR) is 118 cm³/mol. The molecule has 33 heavy (non-hydrogen) atoms. The van der Waals surface area contributed by atoms with E-state index in [1.165, 1.54) is 26.0 Å². The molecule has 1 heterocycles. The molecule has 1 unspecified atom stereocenters. The Bertz CT molecular complexity index is 1180. The van der Waals surface area contributed by atoms with Crippen LogP contribution in [0.5, 0.6) is 5.75 Å².